The third-order valence-corrected chi connectivity index (χ3v) is 5.39. The minimum atomic E-state index is -7.37. The zero-order valence-electron chi connectivity index (χ0n) is 17.7. The van der Waals surface area contributed by atoms with Crippen molar-refractivity contribution in [1.82, 2.24) is 0 Å². The first-order valence-electron chi connectivity index (χ1n) is 9.57. The second kappa shape index (κ2) is 10.4. The van der Waals surface area contributed by atoms with Crippen LogP contribution in [0, 0.1) is 0 Å². The zero-order valence-corrected chi connectivity index (χ0v) is 18.5. The van der Waals surface area contributed by atoms with Gasteiger partial charge in [-0.2, -0.15) is 47.9 Å². The number of para-hydroxylation sites is 3. The van der Waals surface area contributed by atoms with E-state index in [0.29, 0.717) is 0 Å². The van der Waals surface area contributed by atoms with Gasteiger partial charge in [0.25, 0.3) is 0 Å². The van der Waals surface area contributed by atoms with Gasteiger partial charge in [0.15, 0.2) is 0 Å². The first-order valence-corrected chi connectivity index (χ1v) is 11.0. The molecule has 14 heteroatoms. The van der Waals surface area contributed by atoms with Crippen LogP contribution in [0.25, 0.3) is 0 Å². The third-order valence-electron chi connectivity index (χ3n) is 4.48. The van der Waals surface area contributed by atoms with Gasteiger partial charge < -0.3 is 4.90 Å². The molecule has 0 bridgehead atoms. The molecule has 196 valence electrons. The molecule has 3 aromatic rings. The van der Waals surface area contributed by atoms with E-state index in [-0.39, 0.29) is 0 Å². The fraction of sp³-hybridized carbons (Fsp3) is 0.182. The lowest BCUT2D eigenvalue weighted by Gasteiger charge is -2.31. The van der Waals surface area contributed by atoms with E-state index in [1.165, 1.54) is 17.1 Å². The number of hydrogen-bond donors (Lipinski definition) is 1. The minimum Gasteiger partial charge on any atom is -0.311 e. The van der Waals surface area contributed by atoms with Gasteiger partial charge in [-0.15, -0.1) is 0 Å². The van der Waals surface area contributed by atoms with E-state index in [4.69, 9.17) is 4.55 Å². The molecule has 3 aromatic carbocycles. The van der Waals surface area contributed by atoms with Gasteiger partial charge >= 0.3 is 33.4 Å². The minimum absolute atomic E-state index is 1.17. The van der Waals surface area contributed by atoms with Crippen LogP contribution in [0.1, 0.15) is 0 Å². The molecule has 0 aromatic heterocycles. The second-order valence-corrected chi connectivity index (χ2v) is 8.44. The third kappa shape index (κ3) is 5.75. The summed E-state index contributed by atoms with van der Waals surface area (Å²) in [4.78, 5) is 2.25. The molecule has 0 saturated heterocycles. The highest BCUT2D eigenvalue weighted by Gasteiger charge is 2.85. The van der Waals surface area contributed by atoms with Crippen molar-refractivity contribution in [2.75, 3.05) is 4.90 Å². The van der Waals surface area contributed by atoms with Crippen molar-refractivity contribution in [3.63, 3.8) is 0 Å². The Hall–Kier alpha value is -3.26. The molecule has 0 unspecified atom stereocenters. The molecule has 0 heterocycles. The predicted molar refractivity (Wildman–Crippen MR) is 114 cm³/mol. The highest BCUT2D eigenvalue weighted by molar-refractivity contribution is 7.87. The first kappa shape index (κ1) is 29.0. The summed E-state index contributed by atoms with van der Waals surface area (Å²) in [5.41, 5.74) is 3.50. The summed E-state index contributed by atoms with van der Waals surface area (Å²) in [6.07, 6.45) is -7.13. The molecule has 0 fully saturated rings. The summed E-state index contributed by atoms with van der Waals surface area (Å²) >= 11 is 0. The SMILES string of the molecule is O=S(=O)(O)C(F)(F)C(F)(F)C(F)(F)C(F)(F)F.c1ccc(N(c2ccccc2)c2ccccc2)cc1. The molecule has 0 atom stereocenters. The Labute approximate surface area is 199 Å². The monoisotopic (exact) mass is 545 g/mol. The number of nitrogens with zero attached hydrogens (tertiary/aromatic N) is 1. The Bertz CT molecular complexity index is 1130. The van der Waals surface area contributed by atoms with E-state index in [2.05, 4.69) is 77.7 Å². The molecule has 0 amide bonds. The number of halogens is 9. The normalized spacial score (nSPS) is 12.9. The maximum absolute atomic E-state index is 12.2. The molecular formula is C22H16F9NO3S. The molecule has 4 nitrogen and oxygen atoms in total. The van der Waals surface area contributed by atoms with Crippen molar-refractivity contribution in [3.8, 4) is 0 Å². The number of rotatable bonds is 6. The van der Waals surface area contributed by atoms with Gasteiger partial charge in [0.2, 0.25) is 0 Å². The van der Waals surface area contributed by atoms with E-state index < -0.39 is 33.4 Å². The van der Waals surface area contributed by atoms with E-state index in [1.54, 1.807) is 0 Å². The van der Waals surface area contributed by atoms with E-state index in [1.807, 2.05) is 18.2 Å². The van der Waals surface area contributed by atoms with Crippen molar-refractivity contribution >= 4 is 27.2 Å². The van der Waals surface area contributed by atoms with Gasteiger partial charge in [-0.1, -0.05) is 54.6 Å². The highest BCUT2D eigenvalue weighted by Crippen LogP contribution is 2.54. The van der Waals surface area contributed by atoms with Crippen molar-refractivity contribution in [3.05, 3.63) is 91.0 Å². The molecule has 0 saturated carbocycles. The molecule has 0 spiro atoms. The smallest absolute Gasteiger partial charge is 0.311 e. The van der Waals surface area contributed by atoms with Crippen LogP contribution in [0.2, 0.25) is 0 Å². The summed E-state index contributed by atoms with van der Waals surface area (Å²) in [7, 11) is -7.17. The fourth-order valence-corrected chi connectivity index (χ4v) is 3.15. The zero-order chi connectivity index (χ0) is 27.4. The van der Waals surface area contributed by atoms with Crippen LogP contribution in [0.5, 0.6) is 0 Å². The first-order chi connectivity index (χ1) is 16.4. The Morgan fingerprint density at radius 3 is 1.03 bits per heavy atom. The van der Waals surface area contributed by atoms with Crippen LogP contribution in [0.15, 0.2) is 91.0 Å². The Kier molecular flexibility index (Phi) is 8.36. The Balaban J connectivity index is 0.000000256. The lowest BCUT2D eigenvalue weighted by atomic mass is 10.1. The van der Waals surface area contributed by atoms with Crippen LogP contribution in [-0.2, 0) is 10.1 Å². The average Bonchev–Trinajstić information content (AvgIpc) is 2.80. The van der Waals surface area contributed by atoms with Crippen LogP contribution in [-0.4, -0.2) is 36.2 Å². The van der Waals surface area contributed by atoms with Crippen molar-refractivity contribution in [2.24, 2.45) is 0 Å². The van der Waals surface area contributed by atoms with E-state index in [9.17, 15) is 47.9 Å². The van der Waals surface area contributed by atoms with Gasteiger partial charge in [-0.25, -0.2) is 0 Å². The van der Waals surface area contributed by atoms with Gasteiger partial charge in [-0.05, 0) is 36.4 Å². The molecule has 0 aliphatic rings. The average molecular weight is 545 g/mol. The molecule has 0 aliphatic carbocycles. The van der Waals surface area contributed by atoms with Gasteiger partial charge in [0.05, 0.1) is 0 Å². The van der Waals surface area contributed by atoms with Crippen molar-refractivity contribution in [1.29, 1.82) is 0 Å². The molecule has 36 heavy (non-hydrogen) atoms. The topological polar surface area (TPSA) is 57.6 Å². The van der Waals surface area contributed by atoms with Crippen LogP contribution in [0.4, 0.5) is 56.6 Å². The Morgan fingerprint density at radius 2 is 0.806 bits per heavy atom. The lowest BCUT2D eigenvalue weighted by Crippen LogP contribution is -2.63. The fourth-order valence-electron chi connectivity index (χ4n) is 2.70. The highest BCUT2D eigenvalue weighted by atomic mass is 32.2. The maximum Gasteiger partial charge on any atom is 0.460 e. The quantitative estimate of drug-likeness (QED) is 0.258. The summed E-state index contributed by atoms with van der Waals surface area (Å²) in [5, 5.41) is -7.00. The summed E-state index contributed by atoms with van der Waals surface area (Å²) in [6.45, 7) is 0. The maximum atomic E-state index is 12.2. The lowest BCUT2D eigenvalue weighted by molar-refractivity contribution is -0.382. The largest absolute Gasteiger partial charge is 0.460 e. The molecule has 0 aliphatic heterocycles. The predicted octanol–water partition coefficient (Wildman–Crippen LogP) is 7.46. The number of hydrogen-bond acceptors (Lipinski definition) is 3. The van der Waals surface area contributed by atoms with Crippen LogP contribution in [0.3, 0.4) is 0 Å². The van der Waals surface area contributed by atoms with E-state index >= 15 is 0 Å². The van der Waals surface area contributed by atoms with Crippen molar-refractivity contribution < 1.29 is 52.5 Å². The summed E-state index contributed by atoms with van der Waals surface area (Å²) < 4.78 is 134. The van der Waals surface area contributed by atoms with Gasteiger partial charge in [-0.3, -0.25) is 4.55 Å². The molecule has 3 rings (SSSR count). The van der Waals surface area contributed by atoms with Crippen LogP contribution < -0.4 is 4.90 Å². The number of alkyl halides is 9. The van der Waals surface area contributed by atoms with Gasteiger partial charge in [0.1, 0.15) is 0 Å². The van der Waals surface area contributed by atoms with Crippen LogP contribution >= 0.6 is 0 Å². The Morgan fingerprint density at radius 1 is 0.528 bits per heavy atom. The molecular weight excluding hydrogens is 529 g/mol. The number of benzene rings is 3. The molecule has 1 N–H and O–H groups in total. The summed E-state index contributed by atoms with van der Waals surface area (Å²) in [6, 6.07) is 31.3. The molecule has 0 radical (unpaired) electrons. The van der Waals surface area contributed by atoms with Gasteiger partial charge in [0, 0.05) is 17.1 Å². The summed E-state index contributed by atoms with van der Waals surface area (Å²) in [5.74, 6) is -14.7. The number of anilines is 3. The van der Waals surface area contributed by atoms with Crippen molar-refractivity contribution in [2.45, 2.75) is 23.3 Å². The standard InChI is InChI=1S/C18H15N.C4HF9O3S/c1-4-10-16(11-5-1)19(17-12-6-2-7-13-17)18-14-8-3-9-15-18;5-1(6,3(9,10)11)2(7,8)4(12,13)17(14,15)16/h1-15H;(H,14,15,16). The second-order valence-electron chi connectivity index (χ2n) is 6.98. The van der Waals surface area contributed by atoms with E-state index in [0.717, 1.165) is 0 Å².